The maximum absolute atomic E-state index is 11.1. The van der Waals surface area contributed by atoms with Crippen LogP contribution in [0.1, 0.15) is 55.8 Å². The lowest BCUT2D eigenvalue weighted by Gasteiger charge is -2.08. The standard InChI is InChI=1S/C15H23N3O3/c1-2-3-4-5-6-7-10-17-13-11-12(15(16)19)8-9-14(13)18(20)21/h8-9,11,17H,2-7,10H2,1H3,(H2,16,19). The van der Waals surface area contributed by atoms with Crippen molar-refractivity contribution in [2.45, 2.75) is 45.4 Å². The summed E-state index contributed by atoms with van der Waals surface area (Å²) >= 11 is 0. The lowest BCUT2D eigenvalue weighted by atomic mass is 10.1. The fourth-order valence-electron chi connectivity index (χ4n) is 2.12. The average Bonchev–Trinajstić information content (AvgIpc) is 2.45. The number of nitro groups is 1. The molecule has 0 aliphatic heterocycles. The molecule has 116 valence electrons. The van der Waals surface area contributed by atoms with Crippen LogP contribution in [-0.4, -0.2) is 17.4 Å². The molecule has 0 aromatic heterocycles. The van der Waals surface area contributed by atoms with E-state index in [1.807, 2.05) is 0 Å². The van der Waals surface area contributed by atoms with Crippen LogP contribution >= 0.6 is 0 Å². The van der Waals surface area contributed by atoms with Gasteiger partial charge in [0.1, 0.15) is 5.69 Å². The van der Waals surface area contributed by atoms with Crippen LogP contribution in [0.3, 0.4) is 0 Å². The summed E-state index contributed by atoms with van der Waals surface area (Å²) in [7, 11) is 0. The maximum Gasteiger partial charge on any atom is 0.292 e. The quantitative estimate of drug-likeness (QED) is 0.392. The SMILES string of the molecule is CCCCCCCCNc1cc(C(N)=O)ccc1[N+](=O)[O-]. The molecule has 0 fully saturated rings. The van der Waals surface area contributed by atoms with E-state index >= 15 is 0 Å². The van der Waals surface area contributed by atoms with E-state index in [4.69, 9.17) is 5.73 Å². The van der Waals surface area contributed by atoms with Crippen LogP contribution in [0.25, 0.3) is 0 Å². The van der Waals surface area contributed by atoms with E-state index in [1.54, 1.807) is 0 Å². The van der Waals surface area contributed by atoms with Crippen LogP contribution in [0.15, 0.2) is 18.2 Å². The number of anilines is 1. The lowest BCUT2D eigenvalue weighted by molar-refractivity contribution is -0.384. The van der Waals surface area contributed by atoms with Crippen LogP contribution < -0.4 is 11.1 Å². The fraction of sp³-hybridized carbons (Fsp3) is 0.533. The monoisotopic (exact) mass is 293 g/mol. The summed E-state index contributed by atoms with van der Waals surface area (Å²) in [5, 5.41) is 14.0. The summed E-state index contributed by atoms with van der Waals surface area (Å²) in [6.45, 7) is 2.82. The van der Waals surface area contributed by atoms with Crippen molar-refractivity contribution in [2.24, 2.45) is 5.73 Å². The topological polar surface area (TPSA) is 98.3 Å². The molecule has 0 radical (unpaired) electrons. The van der Waals surface area contributed by atoms with Gasteiger partial charge in [0.2, 0.25) is 5.91 Å². The van der Waals surface area contributed by atoms with Gasteiger partial charge < -0.3 is 11.1 Å². The van der Waals surface area contributed by atoms with E-state index in [1.165, 1.54) is 43.9 Å². The van der Waals surface area contributed by atoms with E-state index in [2.05, 4.69) is 12.2 Å². The first kappa shape index (κ1) is 16.9. The number of nitrogens with one attached hydrogen (secondary N) is 1. The van der Waals surface area contributed by atoms with Gasteiger partial charge in [-0.2, -0.15) is 0 Å². The first-order valence-electron chi connectivity index (χ1n) is 7.38. The molecule has 0 aliphatic carbocycles. The molecule has 0 unspecified atom stereocenters. The van der Waals surface area contributed by atoms with Gasteiger partial charge in [-0.25, -0.2) is 0 Å². The number of rotatable bonds is 10. The van der Waals surface area contributed by atoms with Gasteiger partial charge in [0, 0.05) is 18.2 Å². The molecule has 0 atom stereocenters. The Labute approximate surface area is 124 Å². The van der Waals surface area contributed by atoms with E-state index in [-0.39, 0.29) is 11.3 Å². The van der Waals surface area contributed by atoms with Crippen LogP contribution in [0.2, 0.25) is 0 Å². The highest BCUT2D eigenvalue weighted by Crippen LogP contribution is 2.25. The molecule has 1 rings (SSSR count). The molecule has 0 spiro atoms. The number of carbonyl (C=O) groups is 1. The van der Waals surface area contributed by atoms with Gasteiger partial charge in [-0.1, -0.05) is 39.0 Å². The number of nitrogens with two attached hydrogens (primary N) is 1. The number of benzene rings is 1. The minimum absolute atomic E-state index is 0.0361. The summed E-state index contributed by atoms with van der Waals surface area (Å²) in [4.78, 5) is 21.6. The van der Waals surface area contributed by atoms with E-state index in [9.17, 15) is 14.9 Å². The third kappa shape index (κ3) is 5.81. The molecule has 0 bridgehead atoms. The van der Waals surface area contributed by atoms with Crippen LogP contribution in [-0.2, 0) is 0 Å². The van der Waals surface area contributed by atoms with Gasteiger partial charge in [-0.15, -0.1) is 0 Å². The normalized spacial score (nSPS) is 10.3. The molecule has 6 nitrogen and oxygen atoms in total. The molecule has 6 heteroatoms. The average molecular weight is 293 g/mol. The first-order valence-corrected chi connectivity index (χ1v) is 7.38. The molecule has 0 saturated heterocycles. The Morgan fingerprint density at radius 3 is 2.52 bits per heavy atom. The van der Waals surface area contributed by atoms with Crippen molar-refractivity contribution < 1.29 is 9.72 Å². The zero-order valence-electron chi connectivity index (χ0n) is 12.4. The van der Waals surface area contributed by atoms with Crippen molar-refractivity contribution >= 4 is 17.3 Å². The van der Waals surface area contributed by atoms with Crippen LogP contribution in [0.4, 0.5) is 11.4 Å². The summed E-state index contributed by atoms with van der Waals surface area (Å²) < 4.78 is 0. The molecule has 1 amide bonds. The lowest BCUT2D eigenvalue weighted by Crippen LogP contribution is -2.12. The zero-order valence-corrected chi connectivity index (χ0v) is 12.4. The van der Waals surface area contributed by atoms with Gasteiger partial charge >= 0.3 is 0 Å². The Bertz CT molecular complexity index is 489. The van der Waals surface area contributed by atoms with Crippen LogP contribution in [0.5, 0.6) is 0 Å². The molecular formula is C15H23N3O3. The number of amides is 1. The van der Waals surface area contributed by atoms with Crippen molar-refractivity contribution in [3.63, 3.8) is 0 Å². The highest BCUT2D eigenvalue weighted by atomic mass is 16.6. The predicted molar refractivity (Wildman–Crippen MR) is 83.5 cm³/mol. The van der Waals surface area contributed by atoms with E-state index in [0.717, 1.165) is 12.8 Å². The van der Waals surface area contributed by atoms with Gasteiger partial charge in [0.15, 0.2) is 0 Å². The van der Waals surface area contributed by atoms with Gasteiger partial charge in [-0.3, -0.25) is 14.9 Å². The Kier molecular flexibility index (Phi) is 7.21. The number of hydrogen-bond donors (Lipinski definition) is 2. The van der Waals surface area contributed by atoms with Gasteiger partial charge in [-0.05, 0) is 18.6 Å². The first-order chi connectivity index (χ1) is 10.1. The molecule has 3 N–H and O–H groups in total. The van der Waals surface area contributed by atoms with Crippen molar-refractivity contribution in [2.75, 3.05) is 11.9 Å². The van der Waals surface area contributed by atoms with Crippen molar-refractivity contribution in [1.82, 2.24) is 0 Å². The molecule has 0 saturated carbocycles. The Morgan fingerprint density at radius 2 is 1.90 bits per heavy atom. The third-order valence-corrected chi connectivity index (χ3v) is 3.32. The summed E-state index contributed by atoms with van der Waals surface area (Å²) in [5.41, 5.74) is 5.78. The third-order valence-electron chi connectivity index (χ3n) is 3.32. The zero-order chi connectivity index (χ0) is 15.7. The second kappa shape index (κ2) is 8.94. The number of unbranched alkanes of at least 4 members (excludes halogenated alkanes) is 5. The second-order valence-corrected chi connectivity index (χ2v) is 5.05. The number of nitro benzene ring substituents is 1. The number of hydrogen-bond acceptors (Lipinski definition) is 4. The smallest absolute Gasteiger partial charge is 0.292 e. The predicted octanol–water partition coefficient (Wildman–Crippen LogP) is 3.47. The highest BCUT2D eigenvalue weighted by molar-refractivity contribution is 5.94. The second-order valence-electron chi connectivity index (χ2n) is 5.05. The highest BCUT2D eigenvalue weighted by Gasteiger charge is 2.15. The summed E-state index contributed by atoms with van der Waals surface area (Å²) in [6.07, 6.45) is 6.91. The minimum atomic E-state index is -0.590. The largest absolute Gasteiger partial charge is 0.379 e. The Balaban J connectivity index is 2.53. The summed E-state index contributed by atoms with van der Waals surface area (Å²) in [6, 6.07) is 4.12. The molecule has 0 heterocycles. The minimum Gasteiger partial charge on any atom is -0.379 e. The van der Waals surface area contributed by atoms with E-state index in [0.29, 0.717) is 12.2 Å². The van der Waals surface area contributed by atoms with Gasteiger partial charge in [0.25, 0.3) is 5.69 Å². The fourth-order valence-corrected chi connectivity index (χ4v) is 2.12. The Hall–Kier alpha value is -2.11. The number of carbonyl (C=O) groups excluding carboxylic acids is 1. The molecule has 21 heavy (non-hydrogen) atoms. The van der Waals surface area contributed by atoms with Crippen molar-refractivity contribution in [1.29, 1.82) is 0 Å². The Morgan fingerprint density at radius 1 is 1.24 bits per heavy atom. The number of nitrogens with zero attached hydrogens (tertiary/aromatic N) is 1. The maximum atomic E-state index is 11.1. The molecular weight excluding hydrogens is 270 g/mol. The van der Waals surface area contributed by atoms with E-state index < -0.39 is 10.8 Å². The van der Waals surface area contributed by atoms with Crippen molar-refractivity contribution in [3.8, 4) is 0 Å². The molecule has 1 aromatic carbocycles. The van der Waals surface area contributed by atoms with Gasteiger partial charge in [0.05, 0.1) is 4.92 Å². The molecule has 1 aromatic rings. The van der Waals surface area contributed by atoms with Crippen LogP contribution in [0, 0.1) is 10.1 Å². The molecule has 0 aliphatic rings. The number of primary amides is 1. The summed E-state index contributed by atoms with van der Waals surface area (Å²) in [5.74, 6) is -0.590. The van der Waals surface area contributed by atoms with Crippen molar-refractivity contribution in [3.05, 3.63) is 33.9 Å².